The summed E-state index contributed by atoms with van der Waals surface area (Å²) in [5.74, 6) is 0.227. The fourth-order valence-corrected chi connectivity index (χ4v) is 2.34. The minimum atomic E-state index is -0.266. The largest absolute Gasteiger partial charge is 0.471 e. The molecule has 0 atom stereocenters. The van der Waals surface area contributed by atoms with E-state index in [-0.39, 0.29) is 5.82 Å². The lowest BCUT2D eigenvalue weighted by Gasteiger charge is -2.09. The van der Waals surface area contributed by atoms with Crippen molar-refractivity contribution in [2.75, 3.05) is 0 Å². The van der Waals surface area contributed by atoms with E-state index in [0.29, 0.717) is 18.1 Å². The van der Waals surface area contributed by atoms with Gasteiger partial charge >= 0.3 is 0 Å². The summed E-state index contributed by atoms with van der Waals surface area (Å²) in [6.07, 6.45) is 1.53. The van der Waals surface area contributed by atoms with Gasteiger partial charge in [-0.3, -0.25) is 0 Å². The maximum Gasteiger partial charge on any atom is 0.240 e. The molecule has 0 spiro atoms. The van der Waals surface area contributed by atoms with Gasteiger partial charge < -0.3 is 4.74 Å². The van der Waals surface area contributed by atoms with Crippen LogP contribution in [0.25, 0.3) is 16.4 Å². The van der Waals surface area contributed by atoms with Gasteiger partial charge in [0.15, 0.2) is 5.65 Å². The van der Waals surface area contributed by atoms with E-state index in [0.717, 1.165) is 16.3 Å². The third kappa shape index (κ3) is 2.14. The number of benzene rings is 2. The summed E-state index contributed by atoms with van der Waals surface area (Å²) in [5.41, 5.74) is 1.56. The van der Waals surface area contributed by atoms with Crippen molar-refractivity contribution in [3.05, 3.63) is 66.2 Å². The summed E-state index contributed by atoms with van der Waals surface area (Å²) < 4.78 is 20.3. The van der Waals surface area contributed by atoms with Crippen molar-refractivity contribution in [3.63, 3.8) is 0 Å². The second-order valence-electron chi connectivity index (χ2n) is 4.86. The first-order chi connectivity index (χ1) is 10.8. The molecule has 2 heterocycles. The van der Waals surface area contributed by atoms with Crippen LogP contribution in [0.3, 0.4) is 0 Å². The minimum absolute atomic E-state index is 0.266. The molecule has 0 bridgehead atoms. The van der Waals surface area contributed by atoms with Gasteiger partial charge in [0.25, 0.3) is 0 Å². The van der Waals surface area contributed by atoms with E-state index >= 15 is 0 Å². The van der Waals surface area contributed by atoms with Gasteiger partial charge in [0.1, 0.15) is 18.8 Å². The quantitative estimate of drug-likeness (QED) is 0.583. The predicted octanol–water partition coefficient (Wildman–Crippen LogP) is 3.00. The lowest BCUT2D eigenvalue weighted by atomic mass is 10.2. The molecule has 2 aromatic carbocycles. The molecule has 2 aromatic heterocycles. The maximum absolute atomic E-state index is 12.9. The summed E-state index contributed by atoms with van der Waals surface area (Å²) in [5, 5.41) is 14.1. The molecule has 4 aromatic rings. The van der Waals surface area contributed by atoms with Crippen LogP contribution in [-0.4, -0.2) is 19.8 Å². The van der Waals surface area contributed by atoms with Crippen LogP contribution in [0.2, 0.25) is 0 Å². The van der Waals surface area contributed by atoms with Crippen molar-refractivity contribution in [1.82, 2.24) is 19.8 Å². The van der Waals surface area contributed by atoms with E-state index in [4.69, 9.17) is 4.74 Å². The topological polar surface area (TPSA) is 52.3 Å². The second kappa shape index (κ2) is 5.07. The van der Waals surface area contributed by atoms with E-state index in [1.54, 1.807) is 16.6 Å². The lowest BCUT2D eigenvalue weighted by molar-refractivity contribution is 0.293. The Morgan fingerprint density at radius 2 is 1.77 bits per heavy atom. The number of nitrogens with zero attached hydrogens (tertiary/aromatic N) is 4. The number of hydrogen-bond donors (Lipinski definition) is 0. The van der Waals surface area contributed by atoms with E-state index in [1.807, 2.05) is 24.3 Å². The zero-order valence-corrected chi connectivity index (χ0v) is 11.5. The number of ether oxygens (including phenoxy) is 1. The Kier molecular flexibility index (Phi) is 2.93. The highest BCUT2D eigenvalue weighted by molar-refractivity contribution is 5.96. The number of rotatable bonds is 3. The van der Waals surface area contributed by atoms with Crippen LogP contribution in [0.5, 0.6) is 5.88 Å². The van der Waals surface area contributed by atoms with Gasteiger partial charge in [0.2, 0.25) is 5.88 Å². The van der Waals surface area contributed by atoms with Gasteiger partial charge in [-0.1, -0.05) is 30.3 Å². The van der Waals surface area contributed by atoms with E-state index in [1.165, 1.54) is 18.5 Å². The van der Waals surface area contributed by atoms with Crippen molar-refractivity contribution in [2.24, 2.45) is 0 Å². The highest BCUT2D eigenvalue weighted by atomic mass is 19.1. The third-order valence-corrected chi connectivity index (χ3v) is 3.42. The second-order valence-corrected chi connectivity index (χ2v) is 4.86. The SMILES string of the molecule is Fc1ccc(COc2nn3cnnc3c3ccccc23)cc1. The van der Waals surface area contributed by atoms with Gasteiger partial charge in [-0.2, -0.15) is 4.52 Å². The van der Waals surface area contributed by atoms with E-state index < -0.39 is 0 Å². The predicted molar refractivity (Wildman–Crippen MR) is 79.0 cm³/mol. The molecule has 0 saturated carbocycles. The Morgan fingerprint density at radius 3 is 2.59 bits per heavy atom. The first-order valence-electron chi connectivity index (χ1n) is 6.77. The van der Waals surface area contributed by atoms with Crippen LogP contribution in [0.1, 0.15) is 5.56 Å². The van der Waals surface area contributed by atoms with Crippen molar-refractivity contribution >= 4 is 16.4 Å². The average Bonchev–Trinajstić information content (AvgIpc) is 3.03. The molecule has 0 radical (unpaired) electrons. The van der Waals surface area contributed by atoms with Gasteiger partial charge in [0, 0.05) is 10.8 Å². The monoisotopic (exact) mass is 294 g/mol. The first-order valence-corrected chi connectivity index (χ1v) is 6.77. The molecule has 108 valence electrons. The fourth-order valence-electron chi connectivity index (χ4n) is 2.34. The molecule has 4 rings (SSSR count). The summed E-state index contributed by atoms with van der Waals surface area (Å²) in [6, 6.07) is 13.9. The normalized spacial score (nSPS) is 11.1. The van der Waals surface area contributed by atoms with Gasteiger partial charge in [0.05, 0.1) is 0 Å². The lowest BCUT2D eigenvalue weighted by Crippen LogP contribution is -2.02. The molecule has 0 fully saturated rings. The fraction of sp³-hybridized carbons (Fsp3) is 0.0625. The van der Waals surface area contributed by atoms with Gasteiger partial charge in [-0.25, -0.2) is 4.39 Å². The molecule has 22 heavy (non-hydrogen) atoms. The van der Waals surface area contributed by atoms with Crippen LogP contribution in [0, 0.1) is 5.82 Å². The number of halogens is 1. The molecular weight excluding hydrogens is 283 g/mol. The highest BCUT2D eigenvalue weighted by Gasteiger charge is 2.10. The molecule has 0 unspecified atom stereocenters. The zero-order valence-electron chi connectivity index (χ0n) is 11.5. The molecular formula is C16H11FN4O. The number of fused-ring (bicyclic) bond motifs is 3. The molecule has 0 amide bonds. The van der Waals surface area contributed by atoms with Crippen molar-refractivity contribution in [1.29, 1.82) is 0 Å². The Morgan fingerprint density at radius 1 is 1.00 bits per heavy atom. The van der Waals surface area contributed by atoms with Crippen molar-refractivity contribution in [2.45, 2.75) is 6.61 Å². The summed E-state index contributed by atoms with van der Waals surface area (Å²) in [7, 11) is 0. The smallest absolute Gasteiger partial charge is 0.240 e. The zero-order chi connectivity index (χ0) is 14.9. The highest BCUT2D eigenvalue weighted by Crippen LogP contribution is 2.26. The van der Waals surface area contributed by atoms with E-state index in [2.05, 4.69) is 15.3 Å². The summed E-state index contributed by atoms with van der Waals surface area (Å²) in [6.45, 7) is 0.310. The molecule has 6 heteroatoms. The van der Waals surface area contributed by atoms with E-state index in [9.17, 15) is 4.39 Å². The molecule has 0 aliphatic carbocycles. The maximum atomic E-state index is 12.9. The van der Waals surface area contributed by atoms with Crippen LogP contribution in [0.4, 0.5) is 4.39 Å². The first kappa shape index (κ1) is 12.7. The third-order valence-electron chi connectivity index (χ3n) is 3.42. The van der Waals surface area contributed by atoms with Crippen molar-refractivity contribution in [3.8, 4) is 5.88 Å². The van der Waals surface area contributed by atoms with Crippen molar-refractivity contribution < 1.29 is 9.13 Å². The molecule has 5 nitrogen and oxygen atoms in total. The average molecular weight is 294 g/mol. The molecule has 0 N–H and O–H groups in total. The van der Waals surface area contributed by atoms with Crippen LogP contribution in [0.15, 0.2) is 54.9 Å². The van der Waals surface area contributed by atoms with Crippen LogP contribution >= 0.6 is 0 Å². The Balaban J connectivity index is 1.74. The summed E-state index contributed by atoms with van der Waals surface area (Å²) in [4.78, 5) is 0. The molecule has 0 aliphatic heterocycles. The number of hydrogen-bond acceptors (Lipinski definition) is 4. The Labute approximate surface area is 125 Å². The summed E-state index contributed by atoms with van der Waals surface area (Å²) >= 11 is 0. The standard InChI is InChI=1S/C16H11FN4O/c17-12-7-5-11(6-8-12)9-22-16-14-4-2-1-3-13(14)15-19-18-10-21(15)20-16/h1-8,10H,9H2. The van der Waals surface area contributed by atoms with Gasteiger partial charge in [-0.15, -0.1) is 15.3 Å². The van der Waals surface area contributed by atoms with Crippen LogP contribution in [-0.2, 0) is 6.61 Å². The minimum Gasteiger partial charge on any atom is -0.471 e. The Bertz CT molecular complexity index is 949. The van der Waals surface area contributed by atoms with Crippen LogP contribution < -0.4 is 4.74 Å². The molecule has 0 aliphatic rings. The molecule has 0 saturated heterocycles. The van der Waals surface area contributed by atoms with Gasteiger partial charge in [-0.05, 0) is 23.8 Å². The Hall–Kier alpha value is -3.02. The number of aromatic nitrogens is 4.